The van der Waals surface area contributed by atoms with Gasteiger partial charge in [0.2, 0.25) is 0 Å². The Labute approximate surface area is 203 Å². The molecular weight excluding hydrogens is 456 g/mol. The first-order chi connectivity index (χ1) is 16.0. The van der Waals surface area contributed by atoms with Crippen molar-refractivity contribution in [2.75, 3.05) is 37.5 Å². The van der Waals surface area contributed by atoms with E-state index in [1.807, 2.05) is 23.2 Å². The van der Waals surface area contributed by atoms with Crippen LogP contribution in [0.2, 0.25) is 0 Å². The Morgan fingerprint density at radius 2 is 1.61 bits per heavy atom. The highest BCUT2D eigenvalue weighted by Gasteiger charge is 2.10. The van der Waals surface area contributed by atoms with Crippen LogP contribution in [0.1, 0.15) is 19.4 Å². The molecule has 8 heteroatoms. The van der Waals surface area contributed by atoms with Gasteiger partial charge in [-0.3, -0.25) is 14.6 Å². The minimum absolute atomic E-state index is 0.278. The predicted molar refractivity (Wildman–Crippen MR) is 135 cm³/mol. The van der Waals surface area contributed by atoms with E-state index in [2.05, 4.69) is 47.6 Å². The van der Waals surface area contributed by atoms with Gasteiger partial charge in [0, 0.05) is 46.7 Å². The fourth-order valence-electron chi connectivity index (χ4n) is 3.29. The van der Waals surface area contributed by atoms with Crippen molar-refractivity contribution in [1.29, 1.82) is 0 Å². The van der Waals surface area contributed by atoms with Gasteiger partial charge in [0.25, 0.3) is 0 Å². The van der Waals surface area contributed by atoms with Crippen molar-refractivity contribution in [3.63, 3.8) is 0 Å². The Morgan fingerprint density at radius 1 is 0.939 bits per heavy atom. The zero-order valence-corrected chi connectivity index (χ0v) is 20.7. The molecule has 1 heterocycles. The van der Waals surface area contributed by atoms with Crippen molar-refractivity contribution in [3.05, 3.63) is 60.3 Å². The third kappa shape index (κ3) is 7.68. The summed E-state index contributed by atoms with van der Waals surface area (Å²) in [4.78, 5) is 31.2. The number of esters is 2. The third-order valence-electron chi connectivity index (χ3n) is 4.94. The number of rotatable bonds is 11. The second-order valence-corrected chi connectivity index (χ2v) is 9.21. The maximum Gasteiger partial charge on any atom is 0.302 e. The summed E-state index contributed by atoms with van der Waals surface area (Å²) in [5.74, 6) is 0.219. The molecule has 0 amide bonds. The van der Waals surface area contributed by atoms with Crippen LogP contribution in [-0.2, 0) is 24.8 Å². The van der Waals surface area contributed by atoms with Crippen LogP contribution in [0.4, 0.5) is 5.69 Å². The van der Waals surface area contributed by atoms with Crippen LogP contribution in [0.3, 0.4) is 0 Å². The van der Waals surface area contributed by atoms with Crippen molar-refractivity contribution in [2.24, 2.45) is 0 Å². The van der Waals surface area contributed by atoms with Crippen molar-refractivity contribution < 1.29 is 19.1 Å². The number of benzene rings is 2. The zero-order valence-electron chi connectivity index (χ0n) is 19.1. The molecule has 2 aromatic carbocycles. The number of fused-ring (bicyclic) bond motifs is 1. The number of anilines is 1. The summed E-state index contributed by atoms with van der Waals surface area (Å²) in [5.41, 5.74) is 3.20. The van der Waals surface area contributed by atoms with E-state index in [1.54, 1.807) is 23.5 Å². The van der Waals surface area contributed by atoms with Gasteiger partial charge < -0.3 is 14.4 Å². The Balaban J connectivity index is 1.65. The summed E-state index contributed by atoms with van der Waals surface area (Å²) in [6.45, 7) is 4.39. The van der Waals surface area contributed by atoms with E-state index in [-0.39, 0.29) is 25.2 Å². The van der Waals surface area contributed by atoms with Gasteiger partial charge in [-0.25, -0.2) is 0 Å². The van der Waals surface area contributed by atoms with Gasteiger partial charge in [0.1, 0.15) is 13.2 Å². The van der Waals surface area contributed by atoms with Gasteiger partial charge in [-0.05, 0) is 42.2 Å². The molecule has 33 heavy (non-hydrogen) atoms. The monoisotopic (exact) mass is 484 g/mol. The molecule has 0 aliphatic carbocycles. The first-order valence-electron chi connectivity index (χ1n) is 10.6. The Kier molecular flexibility index (Phi) is 9.45. The van der Waals surface area contributed by atoms with Gasteiger partial charge in [-0.1, -0.05) is 18.2 Å². The standard InChI is InChI=1S/C25H28N2O4S2/c1-18(28)30-14-12-27(13-15-31-19(2)29)21-6-4-20(5-7-21)17-33-25-10-11-26-24-16-22(32-3)8-9-23(24)25/h4-11,16H,12-15,17H2,1-3H3. The second-order valence-electron chi connectivity index (χ2n) is 7.31. The van der Waals surface area contributed by atoms with Gasteiger partial charge >= 0.3 is 11.9 Å². The lowest BCUT2D eigenvalue weighted by Gasteiger charge is -2.24. The SMILES string of the molecule is CSc1ccc2c(SCc3ccc(N(CCOC(C)=O)CCOC(C)=O)cc3)ccnc2c1. The molecule has 0 N–H and O–H groups in total. The number of ether oxygens (including phenoxy) is 2. The van der Waals surface area contributed by atoms with E-state index >= 15 is 0 Å². The quantitative estimate of drug-likeness (QED) is 0.272. The van der Waals surface area contributed by atoms with Crippen LogP contribution in [-0.4, -0.2) is 49.5 Å². The van der Waals surface area contributed by atoms with Crippen LogP contribution in [0.15, 0.2) is 64.5 Å². The lowest BCUT2D eigenvalue weighted by atomic mass is 10.2. The first kappa shape index (κ1) is 24.9. The smallest absolute Gasteiger partial charge is 0.302 e. The van der Waals surface area contributed by atoms with Gasteiger partial charge in [-0.2, -0.15) is 0 Å². The summed E-state index contributed by atoms with van der Waals surface area (Å²) < 4.78 is 10.2. The number of carbonyl (C=O) groups is 2. The number of thioether (sulfide) groups is 2. The topological polar surface area (TPSA) is 68.7 Å². The average Bonchev–Trinajstić information content (AvgIpc) is 2.81. The number of pyridine rings is 1. The van der Waals surface area contributed by atoms with Gasteiger partial charge in [0.15, 0.2) is 0 Å². The van der Waals surface area contributed by atoms with Crippen molar-refractivity contribution >= 4 is 52.1 Å². The Morgan fingerprint density at radius 3 is 2.21 bits per heavy atom. The van der Waals surface area contributed by atoms with Crippen LogP contribution in [0.5, 0.6) is 0 Å². The molecule has 0 spiro atoms. The predicted octanol–water partition coefficient (Wildman–Crippen LogP) is 5.18. The molecule has 0 aliphatic rings. The van der Waals surface area contributed by atoms with E-state index < -0.39 is 0 Å². The molecule has 6 nitrogen and oxygen atoms in total. The van der Waals surface area contributed by atoms with Crippen molar-refractivity contribution in [1.82, 2.24) is 4.98 Å². The Hall–Kier alpha value is -2.71. The molecule has 0 bridgehead atoms. The molecule has 0 fully saturated rings. The highest BCUT2D eigenvalue weighted by atomic mass is 32.2. The normalized spacial score (nSPS) is 10.8. The molecule has 0 saturated heterocycles. The number of aromatic nitrogens is 1. The summed E-state index contributed by atoms with van der Waals surface area (Å²) in [6.07, 6.45) is 3.93. The van der Waals surface area contributed by atoms with E-state index in [0.29, 0.717) is 13.1 Å². The van der Waals surface area contributed by atoms with Crippen molar-refractivity contribution in [2.45, 2.75) is 29.4 Å². The van der Waals surface area contributed by atoms with Crippen LogP contribution >= 0.6 is 23.5 Å². The molecule has 0 radical (unpaired) electrons. The van der Waals surface area contributed by atoms with Gasteiger partial charge in [0.05, 0.1) is 18.6 Å². The Bertz CT molecular complexity index is 1070. The van der Waals surface area contributed by atoms with Crippen LogP contribution in [0.25, 0.3) is 10.9 Å². The summed E-state index contributed by atoms with van der Waals surface area (Å²) >= 11 is 3.51. The first-order valence-corrected chi connectivity index (χ1v) is 12.8. The van der Waals surface area contributed by atoms with E-state index in [4.69, 9.17) is 9.47 Å². The second kappa shape index (κ2) is 12.5. The fraction of sp³-hybridized carbons (Fsp3) is 0.320. The minimum atomic E-state index is -0.310. The summed E-state index contributed by atoms with van der Waals surface area (Å²) in [5, 5.41) is 1.17. The van der Waals surface area contributed by atoms with E-state index in [0.717, 1.165) is 17.0 Å². The summed E-state index contributed by atoms with van der Waals surface area (Å²) in [6, 6.07) is 16.8. The number of hydrogen-bond donors (Lipinski definition) is 0. The van der Waals surface area contributed by atoms with Gasteiger partial charge in [-0.15, -0.1) is 23.5 Å². The largest absolute Gasteiger partial charge is 0.464 e. The molecule has 0 unspecified atom stereocenters. The van der Waals surface area contributed by atoms with E-state index in [9.17, 15) is 9.59 Å². The maximum atomic E-state index is 11.1. The fourth-order valence-corrected chi connectivity index (χ4v) is 4.72. The molecule has 0 saturated carbocycles. The zero-order chi connectivity index (χ0) is 23.6. The van der Waals surface area contributed by atoms with Crippen molar-refractivity contribution in [3.8, 4) is 0 Å². The lowest BCUT2D eigenvalue weighted by molar-refractivity contribution is -0.141. The number of hydrogen-bond acceptors (Lipinski definition) is 8. The maximum absolute atomic E-state index is 11.1. The van der Waals surface area contributed by atoms with Crippen LogP contribution in [0, 0.1) is 0 Å². The third-order valence-corrected chi connectivity index (χ3v) is 6.81. The molecule has 1 aromatic heterocycles. The molecular formula is C25H28N2O4S2. The van der Waals surface area contributed by atoms with E-state index in [1.165, 1.54) is 34.6 Å². The molecule has 174 valence electrons. The highest BCUT2D eigenvalue weighted by molar-refractivity contribution is 7.99. The molecule has 3 aromatic rings. The molecule has 0 atom stereocenters. The number of carbonyl (C=O) groups excluding carboxylic acids is 2. The molecule has 3 rings (SSSR count). The lowest BCUT2D eigenvalue weighted by Crippen LogP contribution is -2.31. The molecule has 0 aliphatic heterocycles. The van der Waals surface area contributed by atoms with Crippen LogP contribution < -0.4 is 4.90 Å². The number of nitrogens with zero attached hydrogens (tertiary/aromatic N) is 2. The highest BCUT2D eigenvalue weighted by Crippen LogP contribution is 2.31. The average molecular weight is 485 g/mol. The summed E-state index contributed by atoms with van der Waals surface area (Å²) in [7, 11) is 0. The minimum Gasteiger partial charge on any atom is -0.464 e.